The van der Waals surface area contributed by atoms with Crippen LogP contribution in [0.15, 0.2) is 12.4 Å². The third-order valence-corrected chi connectivity index (χ3v) is 3.61. The van der Waals surface area contributed by atoms with Crippen molar-refractivity contribution in [1.29, 1.82) is 0 Å². The lowest BCUT2D eigenvalue weighted by Crippen LogP contribution is -2.35. The van der Waals surface area contributed by atoms with E-state index in [0.717, 1.165) is 43.6 Å². The molecule has 1 fully saturated rings. The zero-order chi connectivity index (χ0) is 13.0. The Bertz CT molecular complexity index is 371. The number of aromatic nitrogens is 2. The largest absolute Gasteiger partial charge is 0.363 e. The third kappa shape index (κ3) is 3.10. The van der Waals surface area contributed by atoms with Crippen LogP contribution in [0.2, 0.25) is 0 Å². The van der Waals surface area contributed by atoms with Gasteiger partial charge in [0.15, 0.2) is 0 Å². The first kappa shape index (κ1) is 13.1. The first-order valence-electron chi connectivity index (χ1n) is 6.65. The van der Waals surface area contributed by atoms with Gasteiger partial charge in [0.05, 0.1) is 0 Å². The molecule has 0 aromatic carbocycles. The molecule has 0 radical (unpaired) electrons. The predicted molar refractivity (Wildman–Crippen MR) is 75.0 cm³/mol. The van der Waals surface area contributed by atoms with Crippen LogP contribution in [0, 0.1) is 5.92 Å². The van der Waals surface area contributed by atoms with Gasteiger partial charge in [-0.2, -0.15) is 0 Å². The predicted octanol–water partition coefficient (Wildman–Crippen LogP) is 1.11. The highest BCUT2D eigenvalue weighted by atomic mass is 15.2. The molecule has 0 bridgehead atoms. The van der Waals surface area contributed by atoms with E-state index in [2.05, 4.69) is 20.9 Å². The van der Waals surface area contributed by atoms with Crippen molar-refractivity contribution in [3.05, 3.63) is 12.4 Å². The molecule has 0 aliphatic carbocycles. The summed E-state index contributed by atoms with van der Waals surface area (Å²) in [6.07, 6.45) is 5.24. The molecule has 18 heavy (non-hydrogen) atoms. The van der Waals surface area contributed by atoms with E-state index in [-0.39, 0.29) is 0 Å². The van der Waals surface area contributed by atoms with Gasteiger partial charge in [0.1, 0.15) is 18.0 Å². The molecule has 0 saturated carbocycles. The van der Waals surface area contributed by atoms with Gasteiger partial charge < -0.3 is 15.5 Å². The number of hydrogen-bond donors (Lipinski definition) is 1. The summed E-state index contributed by atoms with van der Waals surface area (Å²) >= 11 is 0. The molecule has 5 heteroatoms. The van der Waals surface area contributed by atoms with Gasteiger partial charge in [0, 0.05) is 33.3 Å². The molecule has 1 aromatic rings. The highest BCUT2D eigenvalue weighted by Crippen LogP contribution is 2.24. The number of hydrogen-bond acceptors (Lipinski definition) is 5. The van der Waals surface area contributed by atoms with E-state index in [1.807, 2.05) is 19.0 Å². The van der Waals surface area contributed by atoms with Crippen molar-refractivity contribution < 1.29 is 0 Å². The number of nitrogens with zero attached hydrogens (tertiary/aromatic N) is 4. The summed E-state index contributed by atoms with van der Waals surface area (Å²) < 4.78 is 0. The molecule has 2 N–H and O–H groups in total. The van der Waals surface area contributed by atoms with Crippen LogP contribution in [0.1, 0.15) is 19.3 Å². The molecular weight excluding hydrogens is 226 g/mol. The number of nitrogens with two attached hydrogens (primary N) is 1. The number of piperidine rings is 1. The van der Waals surface area contributed by atoms with Crippen molar-refractivity contribution in [3.63, 3.8) is 0 Å². The van der Waals surface area contributed by atoms with Crippen molar-refractivity contribution in [2.24, 2.45) is 11.7 Å². The van der Waals surface area contributed by atoms with Crippen LogP contribution in [0.25, 0.3) is 0 Å². The fraction of sp³-hybridized carbons (Fsp3) is 0.692. The van der Waals surface area contributed by atoms with Crippen molar-refractivity contribution in [3.8, 4) is 0 Å². The molecule has 1 aromatic heterocycles. The van der Waals surface area contributed by atoms with Crippen LogP contribution in [-0.4, -0.2) is 43.7 Å². The molecule has 2 heterocycles. The lowest BCUT2D eigenvalue weighted by Gasteiger charge is -2.32. The average molecular weight is 249 g/mol. The second-order valence-electron chi connectivity index (χ2n) is 5.14. The molecular formula is C13H23N5. The summed E-state index contributed by atoms with van der Waals surface area (Å²) in [6.45, 7) is 2.96. The molecule has 0 unspecified atom stereocenters. The van der Waals surface area contributed by atoms with Crippen molar-refractivity contribution in [2.45, 2.75) is 19.3 Å². The van der Waals surface area contributed by atoms with Crippen molar-refractivity contribution >= 4 is 11.6 Å². The maximum absolute atomic E-state index is 5.62. The Morgan fingerprint density at radius 3 is 2.67 bits per heavy atom. The highest BCUT2D eigenvalue weighted by Gasteiger charge is 2.19. The molecule has 0 amide bonds. The number of rotatable bonds is 4. The Morgan fingerprint density at radius 1 is 1.33 bits per heavy atom. The summed E-state index contributed by atoms with van der Waals surface area (Å²) in [4.78, 5) is 13.0. The van der Waals surface area contributed by atoms with Crippen LogP contribution >= 0.6 is 0 Å². The average Bonchev–Trinajstić information content (AvgIpc) is 2.40. The summed E-state index contributed by atoms with van der Waals surface area (Å²) in [6, 6.07) is 2.06. The smallest absolute Gasteiger partial charge is 0.134 e. The molecule has 5 nitrogen and oxygen atoms in total. The van der Waals surface area contributed by atoms with E-state index in [1.165, 1.54) is 12.8 Å². The van der Waals surface area contributed by atoms with Gasteiger partial charge in [-0.15, -0.1) is 0 Å². The first-order chi connectivity index (χ1) is 8.70. The fourth-order valence-corrected chi connectivity index (χ4v) is 2.44. The Morgan fingerprint density at radius 2 is 2.06 bits per heavy atom. The molecule has 0 atom stereocenters. The van der Waals surface area contributed by atoms with Gasteiger partial charge >= 0.3 is 0 Å². The summed E-state index contributed by atoms with van der Waals surface area (Å²) in [5.74, 6) is 2.80. The van der Waals surface area contributed by atoms with Crippen LogP contribution in [-0.2, 0) is 0 Å². The van der Waals surface area contributed by atoms with Crippen LogP contribution in [0.4, 0.5) is 11.6 Å². The van der Waals surface area contributed by atoms with E-state index >= 15 is 0 Å². The zero-order valence-electron chi connectivity index (χ0n) is 11.3. The minimum Gasteiger partial charge on any atom is -0.363 e. The van der Waals surface area contributed by atoms with Crippen LogP contribution in [0.5, 0.6) is 0 Å². The van der Waals surface area contributed by atoms with Gasteiger partial charge in [-0.1, -0.05) is 0 Å². The Labute approximate surface area is 109 Å². The molecule has 0 spiro atoms. The molecule has 2 rings (SSSR count). The minimum atomic E-state index is 0.793. The summed E-state index contributed by atoms with van der Waals surface area (Å²) in [5, 5.41) is 0. The second-order valence-corrected chi connectivity index (χ2v) is 5.14. The highest BCUT2D eigenvalue weighted by molar-refractivity contribution is 5.49. The van der Waals surface area contributed by atoms with E-state index in [0.29, 0.717) is 0 Å². The monoisotopic (exact) mass is 249 g/mol. The molecule has 1 aliphatic heterocycles. The van der Waals surface area contributed by atoms with Gasteiger partial charge in [0.2, 0.25) is 0 Å². The number of anilines is 2. The van der Waals surface area contributed by atoms with E-state index in [9.17, 15) is 0 Å². The van der Waals surface area contributed by atoms with Gasteiger partial charge in [-0.05, 0) is 31.7 Å². The molecule has 1 aliphatic rings. The van der Waals surface area contributed by atoms with E-state index < -0.39 is 0 Å². The lowest BCUT2D eigenvalue weighted by molar-refractivity contribution is 0.385. The first-order valence-corrected chi connectivity index (χ1v) is 6.65. The van der Waals surface area contributed by atoms with Crippen molar-refractivity contribution in [2.75, 3.05) is 43.5 Å². The standard InChI is InChI=1S/C13H23N5/c1-17(2)12-9-13(16-10-15-12)18-7-4-11(3-6-14)5-8-18/h9-11H,3-8,14H2,1-2H3. The minimum absolute atomic E-state index is 0.793. The summed E-state index contributed by atoms with van der Waals surface area (Å²) in [5.41, 5.74) is 5.62. The van der Waals surface area contributed by atoms with Gasteiger partial charge in [-0.25, -0.2) is 9.97 Å². The van der Waals surface area contributed by atoms with Gasteiger partial charge in [-0.3, -0.25) is 0 Å². The van der Waals surface area contributed by atoms with E-state index in [1.54, 1.807) is 6.33 Å². The molecule has 1 saturated heterocycles. The zero-order valence-corrected chi connectivity index (χ0v) is 11.3. The second kappa shape index (κ2) is 6.00. The maximum Gasteiger partial charge on any atom is 0.134 e. The normalized spacial score (nSPS) is 16.9. The Kier molecular flexibility index (Phi) is 4.36. The SMILES string of the molecule is CN(C)c1cc(N2CCC(CCN)CC2)ncn1. The fourth-order valence-electron chi connectivity index (χ4n) is 2.44. The maximum atomic E-state index is 5.62. The Balaban J connectivity index is 1.98. The lowest BCUT2D eigenvalue weighted by atomic mass is 9.94. The van der Waals surface area contributed by atoms with Gasteiger partial charge in [0.25, 0.3) is 0 Å². The molecule has 100 valence electrons. The topological polar surface area (TPSA) is 58.3 Å². The van der Waals surface area contributed by atoms with Crippen molar-refractivity contribution in [1.82, 2.24) is 9.97 Å². The van der Waals surface area contributed by atoms with E-state index in [4.69, 9.17) is 5.73 Å². The quantitative estimate of drug-likeness (QED) is 0.866. The summed E-state index contributed by atoms with van der Waals surface area (Å²) in [7, 11) is 4.00. The van der Waals surface area contributed by atoms with Crippen LogP contribution < -0.4 is 15.5 Å². The Hall–Kier alpha value is -1.36. The van der Waals surface area contributed by atoms with Crippen LogP contribution in [0.3, 0.4) is 0 Å². The third-order valence-electron chi connectivity index (χ3n) is 3.61.